The summed E-state index contributed by atoms with van der Waals surface area (Å²) in [5.74, 6) is 0.171. The van der Waals surface area contributed by atoms with Crippen LogP contribution in [0.4, 0.5) is 24.8 Å². The lowest BCUT2D eigenvalue weighted by Gasteiger charge is -2.34. The van der Waals surface area contributed by atoms with Gasteiger partial charge in [0, 0.05) is 19.2 Å². The van der Waals surface area contributed by atoms with Crippen LogP contribution in [0.2, 0.25) is 0 Å². The molecule has 1 aromatic heterocycles. The van der Waals surface area contributed by atoms with Crippen LogP contribution in [-0.2, 0) is 6.18 Å². The van der Waals surface area contributed by atoms with Crippen molar-refractivity contribution < 1.29 is 13.2 Å². The molecule has 2 rings (SSSR count). The molecule has 0 atom stereocenters. The monoisotopic (exact) mass is 288 g/mol. The van der Waals surface area contributed by atoms with Gasteiger partial charge in [0.2, 0.25) is 5.82 Å². The maximum Gasteiger partial charge on any atom is 0.451 e. The largest absolute Gasteiger partial charge is 0.451 e. The zero-order valence-electron chi connectivity index (χ0n) is 11.6. The number of nitrogens with two attached hydrogens (primary N) is 1. The Labute approximate surface area is 116 Å². The number of anilines is 2. The van der Waals surface area contributed by atoms with E-state index in [0.717, 1.165) is 12.8 Å². The molecule has 2 heterocycles. The standard InChI is InChI=1S/C13H19F3N4/c1-8(2)9-3-5-20(6-4-9)11-7-10(17)18-12(19-11)13(14,15)16/h7-9H,3-6H2,1-2H3,(H2,17,18,19). The predicted octanol–water partition coefficient (Wildman–Crippen LogP) is 2.95. The summed E-state index contributed by atoms with van der Waals surface area (Å²) in [6.45, 7) is 5.75. The Morgan fingerprint density at radius 2 is 1.85 bits per heavy atom. The molecule has 112 valence electrons. The summed E-state index contributed by atoms with van der Waals surface area (Å²) < 4.78 is 38.1. The maximum atomic E-state index is 12.7. The van der Waals surface area contributed by atoms with Gasteiger partial charge in [-0.1, -0.05) is 13.8 Å². The molecule has 20 heavy (non-hydrogen) atoms. The van der Waals surface area contributed by atoms with E-state index < -0.39 is 12.0 Å². The Kier molecular flexibility index (Phi) is 4.06. The first-order valence-electron chi connectivity index (χ1n) is 6.74. The number of hydrogen-bond acceptors (Lipinski definition) is 4. The molecule has 0 radical (unpaired) electrons. The fourth-order valence-corrected chi connectivity index (χ4v) is 2.54. The first-order chi connectivity index (χ1) is 9.27. The number of piperidine rings is 1. The van der Waals surface area contributed by atoms with Gasteiger partial charge in [-0.05, 0) is 24.7 Å². The Balaban J connectivity index is 2.16. The van der Waals surface area contributed by atoms with E-state index in [-0.39, 0.29) is 11.6 Å². The summed E-state index contributed by atoms with van der Waals surface area (Å²) in [5, 5.41) is 0. The molecule has 1 aliphatic rings. The summed E-state index contributed by atoms with van der Waals surface area (Å²) >= 11 is 0. The third-order valence-corrected chi connectivity index (χ3v) is 3.79. The molecular formula is C13H19F3N4. The fraction of sp³-hybridized carbons (Fsp3) is 0.692. The van der Waals surface area contributed by atoms with Gasteiger partial charge in [0.1, 0.15) is 11.6 Å². The molecule has 0 unspecified atom stereocenters. The number of halogens is 3. The third kappa shape index (κ3) is 3.32. The van der Waals surface area contributed by atoms with Crippen LogP contribution >= 0.6 is 0 Å². The van der Waals surface area contributed by atoms with E-state index in [2.05, 4.69) is 23.8 Å². The minimum atomic E-state index is -4.57. The van der Waals surface area contributed by atoms with Crippen molar-refractivity contribution in [3.8, 4) is 0 Å². The van der Waals surface area contributed by atoms with Crippen LogP contribution in [0.5, 0.6) is 0 Å². The molecule has 1 aromatic rings. The lowest BCUT2D eigenvalue weighted by molar-refractivity contribution is -0.144. The van der Waals surface area contributed by atoms with E-state index in [4.69, 9.17) is 5.73 Å². The molecule has 0 bridgehead atoms. The zero-order valence-corrected chi connectivity index (χ0v) is 11.6. The topological polar surface area (TPSA) is 55.0 Å². The third-order valence-electron chi connectivity index (χ3n) is 3.79. The van der Waals surface area contributed by atoms with Crippen molar-refractivity contribution >= 4 is 11.6 Å². The van der Waals surface area contributed by atoms with E-state index in [1.807, 2.05) is 4.90 Å². The van der Waals surface area contributed by atoms with E-state index in [1.54, 1.807) is 0 Å². The Morgan fingerprint density at radius 1 is 1.25 bits per heavy atom. The van der Waals surface area contributed by atoms with Gasteiger partial charge in [-0.3, -0.25) is 0 Å². The molecule has 1 saturated heterocycles. The summed E-state index contributed by atoms with van der Waals surface area (Å²) in [5.41, 5.74) is 5.46. The van der Waals surface area contributed by atoms with Crippen molar-refractivity contribution in [3.63, 3.8) is 0 Å². The van der Waals surface area contributed by atoms with Gasteiger partial charge in [-0.25, -0.2) is 9.97 Å². The minimum absolute atomic E-state index is 0.145. The molecule has 1 fully saturated rings. The highest BCUT2D eigenvalue weighted by molar-refractivity contribution is 5.47. The Bertz CT molecular complexity index is 465. The van der Waals surface area contributed by atoms with Crippen molar-refractivity contribution in [3.05, 3.63) is 11.9 Å². The first kappa shape index (κ1) is 14.9. The average molecular weight is 288 g/mol. The van der Waals surface area contributed by atoms with Gasteiger partial charge >= 0.3 is 6.18 Å². The highest BCUT2D eigenvalue weighted by Gasteiger charge is 2.36. The normalized spacial score (nSPS) is 17.8. The van der Waals surface area contributed by atoms with Gasteiger partial charge in [0.05, 0.1) is 0 Å². The summed E-state index contributed by atoms with van der Waals surface area (Å²) in [6, 6.07) is 1.41. The van der Waals surface area contributed by atoms with Crippen molar-refractivity contribution in [2.24, 2.45) is 11.8 Å². The highest BCUT2D eigenvalue weighted by atomic mass is 19.4. The molecule has 4 nitrogen and oxygen atoms in total. The number of rotatable bonds is 2. The number of hydrogen-bond donors (Lipinski definition) is 1. The van der Waals surface area contributed by atoms with Crippen molar-refractivity contribution in [1.29, 1.82) is 0 Å². The Hall–Kier alpha value is -1.53. The summed E-state index contributed by atoms with van der Waals surface area (Å²) in [4.78, 5) is 8.72. The van der Waals surface area contributed by atoms with Crippen LogP contribution in [0.25, 0.3) is 0 Å². The van der Waals surface area contributed by atoms with E-state index >= 15 is 0 Å². The summed E-state index contributed by atoms with van der Waals surface area (Å²) in [7, 11) is 0. The second kappa shape index (κ2) is 5.46. The van der Waals surface area contributed by atoms with Crippen molar-refractivity contribution in [2.75, 3.05) is 23.7 Å². The average Bonchev–Trinajstić information content (AvgIpc) is 2.37. The SMILES string of the molecule is CC(C)C1CCN(c2cc(N)nc(C(F)(F)F)n2)CC1. The maximum absolute atomic E-state index is 12.7. The molecule has 0 aliphatic carbocycles. The number of nitrogens with zero attached hydrogens (tertiary/aromatic N) is 3. The molecule has 0 spiro atoms. The van der Waals surface area contributed by atoms with Gasteiger partial charge in [0.15, 0.2) is 0 Å². The van der Waals surface area contributed by atoms with Crippen LogP contribution in [0.3, 0.4) is 0 Å². The van der Waals surface area contributed by atoms with Crippen LogP contribution in [0.1, 0.15) is 32.5 Å². The fourth-order valence-electron chi connectivity index (χ4n) is 2.54. The van der Waals surface area contributed by atoms with Crippen LogP contribution < -0.4 is 10.6 Å². The molecule has 0 amide bonds. The van der Waals surface area contributed by atoms with E-state index in [1.165, 1.54) is 6.07 Å². The van der Waals surface area contributed by atoms with Crippen LogP contribution in [-0.4, -0.2) is 23.1 Å². The molecular weight excluding hydrogens is 269 g/mol. The molecule has 0 aromatic carbocycles. The second-order valence-electron chi connectivity index (χ2n) is 5.54. The zero-order chi connectivity index (χ0) is 14.9. The lowest BCUT2D eigenvalue weighted by Crippen LogP contribution is -2.36. The minimum Gasteiger partial charge on any atom is -0.384 e. The van der Waals surface area contributed by atoms with Gasteiger partial charge in [-0.2, -0.15) is 13.2 Å². The predicted molar refractivity (Wildman–Crippen MR) is 71.2 cm³/mol. The molecule has 1 aliphatic heterocycles. The van der Waals surface area contributed by atoms with Crippen molar-refractivity contribution in [1.82, 2.24) is 9.97 Å². The van der Waals surface area contributed by atoms with Crippen LogP contribution in [0, 0.1) is 11.8 Å². The van der Waals surface area contributed by atoms with E-state index in [0.29, 0.717) is 24.9 Å². The highest BCUT2D eigenvalue weighted by Crippen LogP contribution is 2.31. The molecule has 0 saturated carbocycles. The number of nitrogen functional groups attached to an aromatic ring is 1. The number of aromatic nitrogens is 2. The van der Waals surface area contributed by atoms with Crippen molar-refractivity contribution in [2.45, 2.75) is 32.9 Å². The van der Waals surface area contributed by atoms with Gasteiger partial charge < -0.3 is 10.6 Å². The molecule has 7 heteroatoms. The smallest absolute Gasteiger partial charge is 0.384 e. The lowest BCUT2D eigenvalue weighted by atomic mass is 9.87. The Morgan fingerprint density at radius 3 is 2.35 bits per heavy atom. The number of alkyl halides is 3. The van der Waals surface area contributed by atoms with Gasteiger partial charge in [-0.15, -0.1) is 0 Å². The first-order valence-corrected chi connectivity index (χ1v) is 6.74. The van der Waals surface area contributed by atoms with Gasteiger partial charge in [0.25, 0.3) is 0 Å². The second-order valence-corrected chi connectivity index (χ2v) is 5.54. The quantitative estimate of drug-likeness (QED) is 0.909. The molecule has 2 N–H and O–H groups in total. The van der Waals surface area contributed by atoms with E-state index in [9.17, 15) is 13.2 Å². The summed E-state index contributed by atoms with van der Waals surface area (Å²) in [6.07, 6.45) is -2.65. The van der Waals surface area contributed by atoms with Crippen LogP contribution in [0.15, 0.2) is 6.07 Å².